The number of fused-ring (bicyclic) bond motifs is 1. The topological polar surface area (TPSA) is 43.8 Å². The Labute approximate surface area is 103 Å². The number of benzene rings is 1. The molecule has 0 aliphatic carbocycles. The Balaban J connectivity index is 2.42. The third-order valence-electron chi connectivity index (χ3n) is 3.31. The molecule has 3 heteroatoms. The van der Waals surface area contributed by atoms with Crippen molar-refractivity contribution in [1.29, 1.82) is 0 Å². The maximum absolute atomic E-state index is 5.79. The number of anilines is 1. The van der Waals surface area contributed by atoms with Crippen LogP contribution in [0.2, 0.25) is 0 Å². The van der Waals surface area contributed by atoms with Gasteiger partial charge in [0.15, 0.2) is 0 Å². The van der Waals surface area contributed by atoms with E-state index >= 15 is 0 Å². The molecule has 0 amide bonds. The second kappa shape index (κ2) is 4.78. The predicted octanol–water partition coefficient (Wildman–Crippen LogP) is 3.68. The highest BCUT2D eigenvalue weighted by atomic mass is 15.1. The van der Waals surface area contributed by atoms with E-state index in [1.165, 1.54) is 24.8 Å². The molecule has 0 fully saturated rings. The maximum atomic E-state index is 5.79. The smallest absolute Gasteiger partial charge is 0.106 e. The van der Waals surface area contributed by atoms with Gasteiger partial charge in [0.2, 0.25) is 0 Å². The van der Waals surface area contributed by atoms with Crippen LogP contribution in [0, 0.1) is 6.92 Å². The first-order chi connectivity index (χ1) is 8.13. The molecule has 0 aliphatic rings. The molecule has 1 heterocycles. The van der Waals surface area contributed by atoms with Gasteiger partial charge in [0, 0.05) is 11.7 Å². The van der Waals surface area contributed by atoms with Crippen molar-refractivity contribution in [2.75, 3.05) is 5.73 Å². The Morgan fingerprint density at radius 1 is 1.41 bits per heavy atom. The average molecular weight is 231 g/mol. The van der Waals surface area contributed by atoms with Crippen LogP contribution in [0.4, 0.5) is 5.69 Å². The van der Waals surface area contributed by atoms with Crippen molar-refractivity contribution in [1.82, 2.24) is 9.55 Å². The van der Waals surface area contributed by atoms with Gasteiger partial charge in [-0.15, -0.1) is 0 Å². The van der Waals surface area contributed by atoms with Gasteiger partial charge < -0.3 is 10.3 Å². The SMILES string of the molecule is CCCCC(C)n1c(C)nc2cc(N)ccc21. The zero-order valence-electron chi connectivity index (χ0n) is 10.9. The summed E-state index contributed by atoms with van der Waals surface area (Å²) >= 11 is 0. The summed E-state index contributed by atoms with van der Waals surface area (Å²) < 4.78 is 2.32. The van der Waals surface area contributed by atoms with E-state index in [0.29, 0.717) is 6.04 Å². The molecular weight excluding hydrogens is 210 g/mol. The lowest BCUT2D eigenvalue weighted by Crippen LogP contribution is -2.06. The highest BCUT2D eigenvalue weighted by Crippen LogP contribution is 2.25. The summed E-state index contributed by atoms with van der Waals surface area (Å²) in [6.07, 6.45) is 3.70. The zero-order valence-corrected chi connectivity index (χ0v) is 10.9. The van der Waals surface area contributed by atoms with Crippen LogP contribution in [0.15, 0.2) is 18.2 Å². The van der Waals surface area contributed by atoms with E-state index < -0.39 is 0 Å². The van der Waals surface area contributed by atoms with E-state index in [2.05, 4.69) is 36.4 Å². The maximum Gasteiger partial charge on any atom is 0.106 e. The molecular formula is C14H21N3. The fraction of sp³-hybridized carbons (Fsp3) is 0.500. The van der Waals surface area contributed by atoms with Crippen molar-refractivity contribution in [3.05, 3.63) is 24.0 Å². The zero-order chi connectivity index (χ0) is 12.4. The first kappa shape index (κ1) is 12.0. The van der Waals surface area contributed by atoms with Gasteiger partial charge >= 0.3 is 0 Å². The monoisotopic (exact) mass is 231 g/mol. The van der Waals surface area contributed by atoms with Crippen LogP contribution in [0.1, 0.15) is 45.0 Å². The number of aryl methyl sites for hydroxylation is 1. The Kier molecular flexibility index (Phi) is 3.36. The minimum atomic E-state index is 0.503. The van der Waals surface area contributed by atoms with Crippen LogP contribution in [-0.2, 0) is 0 Å². The number of hydrogen-bond acceptors (Lipinski definition) is 2. The number of aromatic nitrogens is 2. The van der Waals surface area contributed by atoms with Gasteiger partial charge in [0.05, 0.1) is 11.0 Å². The van der Waals surface area contributed by atoms with Crippen LogP contribution in [-0.4, -0.2) is 9.55 Å². The summed E-state index contributed by atoms with van der Waals surface area (Å²) in [6, 6.07) is 6.48. The largest absolute Gasteiger partial charge is 0.399 e. The molecule has 1 aromatic carbocycles. The number of hydrogen-bond donors (Lipinski definition) is 1. The fourth-order valence-corrected chi connectivity index (χ4v) is 2.42. The lowest BCUT2D eigenvalue weighted by molar-refractivity contribution is 0.487. The van der Waals surface area contributed by atoms with Crippen molar-refractivity contribution < 1.29 is 0 Å². The number of rotatable bonds is 4. The standard InChI is InChI=1S/C14H21N3/c1-4-5-6-10(2)17-11(3)16-13-9-12(15)7-8-14(13)17/h7-10H,4-6,15H2,1-3H3. The molecule has 0 spiro atoms. The van der Waals surface area contributed by atoms with Crippen molar-refractivity contribution in [3.8, 4) is 0 Å². The van der Waals surface area contributed by atoms with E-state index in [1.54, 1.807) is 0 Å². The highest BCUT2D eigenvalue weighted by molar-refractivity contribution is 5.79. The van der Waals surface area contributed by atoms with Crippen LogP contribution < -0.4 is 5.73 Å². The summed E-state index contributed by atoms with van der Waals surface area (Å²) in [5.41, 5.74) is 8.77. The van der Waals surface area contributed by atoms with Crippen molar-refractivity contribution in [3.63, 3.8) is 0 Å². The van der Waals surface area contributed by atoms with E-state index in [1.807, 2.05) is 12.1 Å². The van der Waals surface area contributed by atoms with Gasteiger partial charge in [-0.25, -0.2) is 4.98 Å². The van der Waals surface area contributed by atoms with E-state index in [9.17, 15) is 0 Å². The number of unbranched alkanes of at least 4 members (excludes halogenated alkanes) is 1. The van der Waals surface area contributed by atoms with Crippen molar-refractivity contribution >= 4 is 16.7 Å². The second-order valence-electron chi connectivity index (χ2n) is 4.77. The first-order valence-corrected chi connectivity index (χ1v) is 6.37. The van der Waals surface area contributed by atoms with Crippen LogP contribution in [0.25, 0.3) is 11.0 Å². The molecule has 17 heavy (non-hydrogen) atoms. The molecule has 2 N–H and O–H groups in total. The summed E-state index contributed by atoms with van der Waals surface area (Å²) in [5.74, 6) is 1.08. The predicted molar refractivity (Wildman–Crippen MR) is 73.1 cm³/mol. The number of imidazole rings is 1. The Bertz CT molecular complexity index is 513. The number of nitrogens with two attached hydrogens (primary N) is 1. The fourth-order valence-electron chi connectivity index (χ4n) is 2.42. The highest BCUT2D eigenvalue weighted by Gasteiger charge is 2.12. The minimum Gasteiger partial charge on any atom is -0.399 e. The van der Waals surface area contributed by atoms with E-state index in [-0.39, 0.29) is 0 Å². The molecule has 0 aliphatic heterocycles. The molecule has 0 saturated heterocycles. The van der Waals surface area contributed by atoms with Crippen LogP contribution in [0.5, 0.6) is 0 Å². The quantitative estimate of drug-likeness (QED) is 0.816. The van der Waals surface area contributed by atoms with Crippen molar-refractivity contribution in [2.24, 2.45) is 0 Å². The molecule has 1 aromatic heterocycles. The van der Waals surface area contributed by atoms with Gasteiger partial charge in [-0.3, -0.25) is 0 Å². The number of nitrogens with zero attached hydrogens (tertiary/aromatic N) is 2. The minimum absolute atomic E-state index is 0.503. The van der Waals surface area contributed by atoms with E-state index in [4.69, 9.17) is 5.73 Å². The van der Waals surface area contributed by atoms with Gasteiger partial charge in [-0.2, -0.15) is 0 Å². The lowest BCUT2D eigenvalue weighted by atomic mass is 10.1. The van der Waals surface area contributed by atoms with Crippen LogP contribution in [0.3, 0.4) is 0 Å². The van der Waals surface area contributed by atoms with Gasteiger partial charge in [-0.05, 0) is 38.5 Å². The molecule has 3 nitrogen and oxygen atoms in total. The molecule has 1 unspecified atom stereocenters. The normalized spacial score (nSPS) is 13.1. The van der Waals surface area contributed by atoms with Gasteiger partial charge in [0.25, 0.3) is 0 Å². The first-order valence-electron chi connectivity index (χ1n) is 6.37. The Morgan fingerprint density at radius 3 is 2.88 bits per heavy atom. The van der Waals surface area contributed by atoms with Crippen molar-refractivity contribution in [2.45, 2.75) is 46.1 Å². The summed E-state index contributed by atoms with van der Waals surface area (Å²) in [6.45, 7) is 6.56. The Hall–Kier alpha value is -1.51. The molecule has 0 saturated carbocycles. The average Bonchev–Trinajstić information content (AvgIpc) is 2.61. The third-order valence-corrected chi connectivity index (χ3v) is 3.31. The molecule has 0 bridgehead atoms. The van der Waals surface area contributed by atoms with Gasteiger partial charge in [-0.1, -0.05) is 19.8 Å². The summed E-state index contributed by atoms with van der Waals surface area (Å²) in [4.78, 5) is 4.59. The molecule has 92 valence electrons. The second-order valence-corrected chi connectivity index (χ2v) is 4.77. The third kappa shape index (κ3) is 2.28. The molecule has 2 aromatic rings. The summed E-state index contributed by atoms with van der Waals surface area (Å²) in [5, 5.41) is 0. The summed E-state index contributed by atoms with van der Waals surface area (Å²) in [7, 11) is 0. The lowest BCUT2D eigenvalue weighted by Gasteiger charge is -2.16. The molecule has 0 radical (unpaired) electrons. The van der Waals surface area contributed by atoms with Crippen LogP contribution >= 0.6 is 0 Å². The Morgan fingerprint density at radius 2 is 2.18 bits per heavy atom. The van der Waals surface area contributed by atoms with Gasteiger partial charge in [0.1, 0.15) is 5.82 Å². The number of nitrogen functional groups attached to an aromatic ring is 1. The molecule has 2 rings (SSSR count). The van der Waals surface area contributed by atoms with E-state index in [0.717, 1.165) is 17.0 Å². The molecule has 1 atom stereocenters.